The van der Waals surface area contributed by atoms with Gasteiger partial charge < -0.3 is 9.09 Å². The molecule has 1 aromatic carbocycles. The van der Waals surface area contributed by atoms with Crippen LogP contribution in [-0.2, 0) is 19.1 Å². The number of aryl methyl sites for hydroxylation is 1. The highest BCUT2D eigenvalue weighted by Crippen LogP contribution is 2.31. The average molecular weight is 310 g/mol. The molecule has 8 heteroatoms. The van der Waals surface area contributed by atoms with E-state index in [0.29, 0.717) is 17.8 Å². The molecule has 0 fully saturated rings. The van der Waals surface area contributed by atoms with Crippen LogP contribution in [0, 0.1) is 0 Å². The number of aromatic nitrogens is 4. The van der Waals surface area contributed by atoms with Gasteiger partial charge in [0.15, 0.2) is 5.82 Å². The number of para-hydroxylation sites is 2. The van der Waals surface area contributed by atoms with Crippen molar-refractivity contribution in [3.05, 3.63) is 41.8 Å². The van der Waals surface area contributed by atoms with E-state index >= 15 is 0 Å². The van der Waals surface area contributed by atoms with Gasteiger partial charge in [-0.25, -0.2) is 4.98 Å². The number of alkyl halides is 3. The predicted molar refractivity (Wildman–Crippen MR) is 72.1 cm³/mol. The molecule has 0 saturated carbocycles. The smallest absolute Gasteiger partial charge is 0.337 e. The van der Waals surface area contributed by atoms with Gasteiger partial charge in [-0.3, -0.25) is 0 Å². The number of nitrogens with zero attached hydrogens (tertiary/aromatic N) is 4. The van der Waals surface area contributed by atoms with Crippen LogP contribution >= 0.6 is 0 Å². The van der Waals surface area contributed by atoms with Crippen LogP contribution in [0.25, 0.3) is 11.0 Å². The molecule has 0 N–H and O–H groups in total. The number of benzene rings is 1. The molecular formula is C14H13F3N4O. The Morgan fingerprint density at radius 2 is 1.95 bits per heavy atom. The maximum absolute atomic E-state index is 13.2. The Balaban J connectivity index is 2.04. The summed E-state index contributed by atoms with van der Waals surface area (Å²) in [5.41, 5.74) is 0.660. The maximum Gasteiger partial charge on any atom is 0.449 e. The summed E-state index contributed by atoms with van der Waals surface area (Å²) in [5, 5.41) is 3.76. The monoisotopic (exact) mass is 310 g/mol. The molecule has 0 spiro atoms. The predicted octanol–water partition coefficient (Wildman–Crippen LogP) is 3.44. The summed E-state index contributed by atoms with van der Waals surface area (Å²) in [6, 6.07) is 6.43. The second-order valence-electron chi connectivity index (χ2n) is 4.86. The minimum Gasteiger partial charge on any atom is -0.337 e. The Morgan fingerprint density at radius 1 is 1.18 bits per heavy atom. The van der Waals surface area contributed by atoms with E-state index < -0.39 is 12.0 Å². The lowest BCUT2D eigenvalue weighted by Crippen LogP contribution is -2.15. The van der Waals surface area contributed by atoms with Crippen LogP contribution < -0.4 is 0 Å². The zero-order valence-electron chi connectivity index (χ0n) is 11.8. The van der Waals surface area contributed by atoms with Gasteiger partial charge in [0, 0.05) is 6.42 Å². The van der Waals surface area contributed by atoms with Crippen LogP contribution in [0.4, 0.5) is 13.2 Å². The summed E-state index contributed by atoms with van der Waals surface area (Å²) in [7, 11) is 0. The molecule has 22 heavy (non-hydrogen) atoms. The number of halogens is 3. The molecule has 0 bridgehead atoms. The van der Waals surface area contributed by atoms with Crippen LogP contribution in [0.5, 0.6) is 0 Å². The topological polar surface area (TPSA) is 56.7 Å². The molecule has 0 unspecified atom stereocenters. The summed E-state index contributed by atoms with van der Waals surface area (Å²) in [5.74, 6) is -0.337. The van der Waals surface area contributed by atoms with E-state index in [0.717, 1.165) is 11.0 Å². The van der Waals surface area contributed by atoms with E-state index in [9.17, 15) is 13.2 Å². The maximum atomic E-state index is 13.2. The second-order valence-corrected chi connectivity index (χ2v) is 4.86. The molecule has 0 atom stereocenters. The van der Waals surface area contributed by atoms with Crippen molar-refractivity contribution in [1.82, 2.24) is 19.7 Å². The second kappa shape index (κ2) is 5.43. The van der Waals surface area contributed by atoms with Crippen molar-refractivity contribution in [2.45, 2.75) is 32.5 Å². The third-order valence-corrected chi connectivity index (χ3v) is 3.19. The Hall–Kier alpha value is -2.38. The molecule has 0 aliphatic heterocycles. The highest BCUT2D eigenvalue weighted by Gasteiger charge is 2.37. The van der Waals surface area contributed by atoms with Gasteiger partial charge in [0.25, 0.3) is 0 Å². The lowest BCUT2D eigenvalue weighted by molar-refractivity contribution is -0.146. The van der Waals surface area contributed by atoms with E-state index in [2.05, 4.69) is 15.1 Å². The van der Waals surface area contributed by atoms with Gasteiger partial charge in [-0.15, -0.1) is 0 Å². The molecule has 2 heterocycles. The number of rotatable bonds is 4. The molecule has 0 saturated heterocycles. The summed E-state index contributed by atoms with van der Waals surface area (Å²) < 4.78 is 45.6. The van der Waals surface area contributed by atoms with Gasteiger partial charge >= 0.3 is 6.18 Å². The molecule has 2 aromatic heterocycles. The minimum absolute atomic E-state index is 0.136. The lowest BCUT2D eigenvalue weighted by Gasteiger charge is -2.08. The van der Waals surface area contributed by atoms with E-state index in [1.54, 1.807) is 18.2 Å². The van der Waals surface area contributed by atoms with E-state index in [4.69, 9.17) is 4.52 Å². The van der Waals surface area contributed by atoms with Gasteiger partial charge in [-0.05, 0) is 18.6 Å². The fraction of sp³-hybridized carbons (Fsp3) is 0.357. The van der Waals surface area contributed by atoms with Crippen molar-refractivity contribution in [2.24, 2.45) is 0 Å². The lowest BCUT2D eigenvalue weighted by atomic mass is 10.3. The summed E-state index contributed by atoms with van der Waals surface area (Å²) in [4.78, 5) is 7.78. The first-order valence-electron chi connectivity index (χ1n) is 6.83. The van der Waals surface area contributed by atoms with Crippen molar-refractivity contribution in [3.8, 4) is 0 Å². The standard InChI is InChI=1S/C14H13F3N4O/c1-2-5-11-19-12(22-20-11)8-21-10-7-4-3-6-9(10)18-13(21)14(15,16)17/h3-4,6-7H,2,5,8H2,1H3. The Labute approximate surface area is 123 Å². The molecule has 3 aromatic rings. The van der Waals surface area contributed by atoms with Crippen LogP contribution in [0.1, 0.15) is 30.9 Å². The van der Waals surface area contributed by atoms with Crippen molar-refractivity contribution in [1.29, 1.82) is 0 Å². The third-order valence-electron chi connectivity index (χ3n) is 3.19. The molecule has 5 nitrogen and oxygen atoms in total. The number of hydrogen-bond donors (Lipinski definition) is 0. The largest absolute Gasteiger partial charge is 0.449 e. The normalized spacial score (nSPS) is 12.2. The van der Waals surface area contributed by atoms with E-state index in [1.807, 2.05) is 6.92 Å². The number of hydrogen-bond acceptors (Lipinski definition) is 4. The Morgan fingerprint density at radius 3 is 2.68 bits per heavy atom. The molecule has 0 amide bonds. The highest BCUT2D eigenvalue weighted by molar-refractivity contribution is 5.76. The van der Waals surface area contributed by atoms with Crippen molar-refractivity contribution in [3.63, 3.8) is 0 Å². The van der Waals surface area contributed by atoms with E-state index in [-0.39, 0.29) is 18.0 Å². The minimum atomic E-state index is -4.55. The Kier molecular flexibility index (Phi) is 3.59. The zero-order chi connectivity index (χ0) is 15.7. The first kappa shape index (κ1) is 14.6. The quantitative estimate of drug-likeness (QED) is 0.740. The van der Waals surface area contributed by atoms with Crippen LogP contribution in [0.15, 0.2) is 28.8 Å². The van der Waals surface area contributed by atoms with Crippen LogP contribution in [-0.4, -0.2) is 19.7 Å². The average Bonchev–Trinajstić information content (AvgIpc) is 3.05. The fourth-order valence-electron chi connectivity index (χ4n) is 2.27. The van der Waals surface area contributed by atoms with Crippen LogP contribution in [0.2, 0.25) is 0 Å². The van der Waals surface area contributed by atoms with Gasteiger partial charge in [0.05, 0.1) is 11.0 Å². The van der Waals surface area contributed by atoms with Gasteiger partial charge in [-0.2, -0.15) is 18.2 Å². The molecule has 0 aliphatic carbocycles. The molecule has 116 valence electrons. The van der Waals surface area contributed by atoms with Crippen molar-refractivity contribution < 1.29 is 17.7 Å². The third kappa shape index (κ3) is 2.68. The molecule has 0 aliphatic rings. The first-order chi connectivity index (χ1) is 10.5. The van der Waals surface area contributed by atoms with E-state index in [1.165, 1.54) is 6.07 Å². The van der Waals surface area contributed by atoms with Crippen LogP contribution in [0.3, 0.4) is 0 Å². The Bertz CT molecular complexity index is 791. The van der Waals surface area contributed by atoms with Crippen molar-refractivity contribution in [2.75, 3.05) is 0 Å². The number of imidazole rings is 1. The van der Waals surface area contributed by atoms with Gasteiger partial charge in [0.2, 0.25) is 11.7 Å². The van der Waals surface area contributed by atoms with Gasteiger partial charge in [0.1, 0.15) is 6.54 Å². The summed E-state index contributed by atoms with van der Waals surface area (Å²) in [6.45, 7) is 1.80. The zero-order valence-corrected chi connectivity index (χ0v) is 11.8. The SMILES string of the molecule is CCCc1noc(Cn2c(C(F)(F)F)nc3ccccc32)n1. The highest BCUT2D eigenvalue weighted by atomic mass is 19.4. The molecular weight excluding hydrogens is 297 g/mol. The first-order valence-corrected chi connectivity index (χ1v) is 6.83. The number of fused-ring (bicyclic) bond motifs is 1. The molecule has 3 rings (SSSR count). The fourth-order valence-corrected chi connectivity index (χ4v) is 2.27. The van der Waals surface area contributed by atoms with Gasteiger partial charge in [-0.1, -0.05) is 24.2 Å². The molecule has 0 radical (unpaired) electrons. The summed E-state index contributed by atoms with van der Waals surface area (Å²) in [6.07, 6.45) is -3.09. The summed E-state index contributed by atoms with van der Waals surface area (Å²) >= 11 is 0. The van der Waals surface area contributed by atoms with Crippen molar-refractivity contribution >= 4 is 11.0 Å².